The minimum Gasteiger partial charge on any atom is -0.352 e. The average Bonchev–Trinajstić information content (AvgIpc) is 3.34. The summed E-state index contributed by atoms with van der Waals surface area (Å²) in [5.41, 5.74) is 1.98. The van der Waals surface area contributed by atoms with Crippen molar-refractivity contribution in [2.24, 2.45) is 0 Å². The van der Waals surface area contributed by atoms with E-state index in [0.717, 1.165) is 37.5 Å². The normalized spacial score (nSPS) is 14.8. The van der Waals surface area contributed by atoms with E-state index >= 15 is 0 Å². The number of carbonyl (C=O) groups is 2. The molecule has 0 bridgehead atoms. The summed E-state index contributed by atoms with van der Waals surface area (Å²) in [6, 6.07) is 11.7. The molecule has 0 saturated heterocycles. The Morgan fingerprint density at radius 1 is 1.05 bits per heavy atom. The fourth-order valence-corrected chi connectivity index (χ4v) is 6.19. The highest BCUT2D eigenvalue weighted by Gasteiger charge is 2.29. The van der Waals surface area contributed by atoms with Crippen LogP contribution < -0.4 is 9.62 Å². The largest absolute Gasteiger partial charge is 0.352 e. The summed E-state index contributed by atoms with van der Waals surface area (Å²) < 4.78 is 26.4. The Balaban J connectivity index is 1.77. The second-order valence-electron chi connectivity index (χ2n) is 9.61. The zero-order chi connectivity index (χ0) is 27.2. The third-order valence-corrected chi connectivity index (χ3v) is 8.68. The van der Waals surface area contributed by atoms with Gasteiger partial charge in [-0.3, -0.25) is 13.9 Å². The molecule has 3 rings (SSSR count). The van der Waals surface area contributed by atoms with Gasteiger partial charge in [-0.2, -0.15) is 0 Å². The third kappa shape index (κ3) is 7.85. The summed E-state index contributed by atoms with van der Waals surface area (Å²) in [5.74, 6) is -0.496. The molecular weight excluding hydrogens is 533 g/mol. The van der Waals surface area contributed by atoms with Crippen LogP contribution in [0.25, 0.3) is 0 Å². The maximum atomic E-state index is 13.5. The van der Waals surface area contributed by atoms with Crippen LogP contribution in [0.15, 0.2) is 42.5 Å². The molecule has 2 aromatic carbocycles. The van der Waals surface area contributed by atoms with Gasteiger partial charge in [0.1, 0.15) is 6.04 Å². The van der Waals surface area contributed by atoms with Crippen LogP contribution in [0.1, 0.15) is 56.6 Å². The number of benzene rings is 2. The first-order chi connectivity index (χ1) is 17.5. The van der Waals surface area contributed by atoms with Gasteiger partial charge in [0.2, 0.25) is 21.8 Å². The number of rotatable bonds is 11. The van der Waals surface area contributed by atoms with Crippen LogP contribution in [-0.4, -0.2) is 50.0 Å². The molecule has 10 heteroatoms. The Kier molecular flexibility index (Phi) is 10.3. The predicted molar refractivity (Wildman–Crippen MR) is 149 cm³/mol. The van der Waals surface area contributed by atoms with Crippen molar-refractivity contribution in [1.82, 2.24) is 10.2 Å². The van der Waals surface area contributed by atoms with Crippen molar-refractivity contribution in [2.45, 2.75) is 71.0 Å². The van der Waals surface area contributed by atoms with E-state index in [1.165, 1.54) is 9.21 Å². The molecule has 2 amide bonds. The van der Waals surface area contributed by atoms with Gasteiger partial charge in [0, 0.05) is 41.2 Å². The number of anilines is 1. The van der Waals surface area contributed by atoms with Gasteiger partial charge in [-0.15, -0.1) is 0 Å². The Labute approximate surface area is 230 Å². The van der Waals surface area contributed by atoms with Crippen molar-refractivity contribution in [3.05, 3.63) is 63.6 Å². The van der Waals surface area contributed by atoms with Crippen LogP contribution in [0.4, 0.5) is 5.69 Å². The van der Waals surface area contributed by atoms with E-state index in [4.69, 9.17) is 23.2 Å². The summed E-state index contributed by atoms with van der Waals surface area (Å²) >= 11 is 12.8. The van der Waals surface area contributed by atoms with Crippen LogP contribution in [0.5, 0.6) is 0 Å². The number of carbonyl (C=O) groups excluding carboxylic acids is 2. The molecule has 2 aromatic rings. The number of aryl methyl sites for hydroxylation is 1. The van der Waals surface area contributed by atoms with Gasteiger partial charge in [-0.1, -0.05) is 60.3 Å². The SMILES string of the molecule is Cc1ccccc1N(CCCC(=O)N(Cc1c(Cl)cccc1Cl)[C@H](C)C(=O)NC1CCCC1)S(C)(=O)=O. The zero-order valence-corrected chi connectivity index (χ0v) is 23.9. The quantitative estimate of drug-likeness (QED) is 0.398. The van der Waals surface area contributed by atoms with Gasteiger partial charge >= 0.3 is 0 Å². The first-order valence-corrected chi connectivity index (χ1v) is 15.2. The molecule has 1 aliphatic rings. The number of nitrogens with zero attached hydrogens (tertiary/aromatic N) is 2. The van der Waals surface area contributed by atoms with Crippen LogP contribution in [-0.2, 0) is 26.2 Å². The molecule has 7 nitrogen and oxygen atoms in total. The number of para-hydroxylation sites is 1. The van der Waals surface area contributed by atoms with Gasteiger partial charge in [0.25, 0.3) is 0 Å². The van der Waals surface area contributed by atoms with Crippen molar-refractivity contribution < 1.29 is 18.0 Å². The molecule has 0 unspecified atom stereocenters. The van der Waals surface area contributed by atoms with Gasteiger partial charge in [0.05, 0.1) is 11.9 Å². The minimum atomic E-state index is -3.55. The van der Waals surface area contributed by atoms with Gasteiger partial charge in [-0.05, 0) is 56.9 Å². The molecule has 0 aliphatic heterocycles. The Hall–Kier alpha value is -2.29. The van der Waals surface area contributed by atoms with Crippen LogP contribution in [0.3, 0.4) is 0 Å². The van der Waals surface area contributed by atoms with Crippen molar-refractivity contribution in [3.63, 3.8) is 0 Å². The molecule has 1 fully saturated rings. The average molecular weight is 569 g/mol. The van der Waals surface area contributed by atoms with Crippen LogP contribution in [0, 0.1) is 6.92 Å². The van der Waals surface area contributed by atoms with Crippen molar-refractivity contribution in [2.75, 3.05) is 17.1 Å². The first-order valence-electron chi connectivity index (χ1n) is 12.5. The third-order valence-electron chi connectivity index (χ3n) is 6.80. The maximum Gasteiger partial charge on any atom is 0.242 e. The molecule has 37 heavy (non-hydrogen) atoms. The molecule has 0 aromatic heterocycles. The topological polar surface area (TPSA) is 86.8 Å². The Bertz CT molecular complexity index is 1200. The van der Waals surface area contributed by atoms with Gasteiger partial charge in [0.15, 0.2) is 0 Å². The fraction of sp³-hybridized carbons (Fsp3) is 0.481. The number of sulfonamides is 1. The lowest BCUT2D eigenvalue weighted by molar-refractivity contribution is -0.140. The molecule has 202 valence electrons. The number of amides is 2. The molecular formula is C27H35Cl2N3O4S. The Morgan fingerprint density at radius 3 is 2.27 bits per heavy atom. The molecule has 1 saturated carbocycles. The predicted octanol–water partition coefficient (Wildman–Crippen LogP) is 5.32. The van der Waals surface area contributed by atoms with Crippen molar-refractivity contribution in [3.8, 4) is 0 Å². The number of hydrogen-bond donors (Lipinski definition) is 1. The van der Waals surface area contributed by atoms with E-state index in [-0.39, 0.29) is 43.8 Å². The minimum absolute atomic E-state index is 0.0566. The molecule has 0 heterocycles. The summed E-state index contributed by atoms with van der Waals surface area (Å²) in [5, 5.41) is 3.89. The lowest BCUT2D eigenvalue weighted by Gasteiger charge is -2.31. The Morgan fingerprint density at radius 2 is 1.68 bits per heavy atom. The lowest BCUT2D eigenvalue weighted by Crippen LogP contribution is -2.49. The smallest absolute Gasteiger partial charge is 0.242 e. The van der Waals surface area contributed by atoms with Crippen LogP contribution >= 0.6 is 23.2 Å². The molecule has 0 spiro atoms. The highest BCUT2D eigenvalue weighted by molar-refractivity contribution is 7.92. The van der Waals surface area contributed by atoms with E-state index in [9.17, 15) is 18.0 Å². The summed E-state index contributed by atoms with van der Waals surface area (Å²) in [4.78, 5) is 28.0. The zero-order valence-electron chi connectivity index (χ0n) is 21.5. The second kappa shape index (κ2) is 13.0. The molecule has 0 radical (unpaired) electrons. The summed E-state index contributed by atoms with van der Waals surface area (Å²) in [6.07, 6.45) is 5.52. The number of nitrogens with one attached hydrogen (secondary N) is 1. The maximum absolute atomic E-state index is 13.5. The van der Waals surface area contributed by atoms with Crippen LogP contribution in [0.2, 0.25) is 10.0 Å². The van der Waals surface area contributed by atoms with Gasteiger partial charge < -0.3 is 10.2 Å². The van der Waals surface area contributed by atoms with Gasteiger partial charge in [-0.25, -0.2) is 8.42 Å². The summed E-state index contributed by atoms with van der Waals surface area (Å²) in [7, 11) is -3.55. The van der Waals surface area contributed by atoms with Crippen molar-refractivity contribution in [1.29, 1.82) is 0 Å². The second-order valence-corrected chi connectivity index (χ2v) is 12.3. The van der Waals surface area contributed by atoms with Crippen molar-refractivity contribution >= 4 is 50.7 Å². The molecule has 1 N–H and O–H groups in total. The molecule has 1 aliphatic carbocycles. The highest BCUT2D eigenvalue weighted by atomic mass is 35.5. The first kappa shape index (κ1) is 29.3. The highest BCUT2D eigenvalue weighted by Crippen LogP contribution is 2.28. The van der Waals surface area contributed by atoms with E-state index in [1.54, 1.807) is 37.3 Å². The molecule has 1 atom stereocenters. The van der Waals surface area contributed by atoms with E-state index in [0.29, 0.717) is 21.3 Å². The van der Waals surface area contributed by atoms with E-state index in [2.05, 4.69) is 5.32 Å². The number of hydrogen-bond acceptors (Lipinski definition) is 4. The monoisotopic (exact) mass is 567 g/mol. The summed E-state index contributed by atoms with van der Waals surface area (Å²) in [6.45, 7) is 3.75. The van der Waals surface area contributed by atoms with E-state index < -0.39 is 16.1 Å². The fourth-order valence-electron chi connectivity index (χ4n) is 4.65. The lowest BCUT2D eigenvalue weighted by atomic mass is 10.1. The standard InChI is InChI=1S/C27H35Cl2N3O4S/c1-19-10-4-7-15-25(19)32(37(3,35)36)17-9-16-26(33)31(18-22-23(28)13-8-14-24(22)29)20(2)27(34)30-21-11-5-6-12-21/h4,7-8,10,13-15,20-21H,5-6,9,11-12,16-18H2,1-3H3,(H,30,34)/t20-/m1/s1. The number of halogens is 2. The van der Waals surface area contributed by atoms with E-state index in [1.807, 2.05) is 19.1 Å².